The van der Waals surface area contributed by atoms with Gasteiger partial charge in [0.25, 0.3) is 0 Å². The maximum absolute atomic E-state index is 11.7. The zero-order valence-electron chi connectivity index (χ0n) is 12.9. The molecule has 0 fully saturated rings. The summed E-state index contributed by atoms with van der Waals surface area (Å²) in [5.41, 5.74) is 0.846. The Morgan fingerprint density at radius 1 is 1.30 bits per heavy atom. The van der Waals surface area contributed by atoms with Crippen molar-refractivity contribution in [2.45, 2.75) is 31.9 Å². The lowest BCUT2D eigenvalue weighted by Crippen LogP contribution is -2.41. The molecule has 0 saturated heterocycles. The van der Waals surface area contributed by atoms with Crippen LogP contribution in [0.3, 0.4) is 0 Å². The van der Waals surface area contributed by atoms with Crippen molar-refractivity contribution in [1.82, 2.24) is 5.32 Å². The Morgan fingerprint density at radius 3 is 2.70 bits per heavy atom. The van der Waals surface area contributed by atoms with Crippen molar-refractivity contribution in [2.24, 2.45) is 0 Å². The smallest absolute Gasteiger partial charge is 0.408 e. The summed E-state index contributed by atoms with van der Waals surface area (Å²) in [6, 6.07) is 8.26. The normalized spacial score (nSPS) is 11.3. The van der Waals surface area contributed by atoms with E-state index in [1.165, 1.54) is 0 Å². The SMILES string of the molecule is C#CCCCSCCC(NC(=O)OCc1ccccc1)C(=O)O. The van der Waals surface area contributed by atoms with E-state index in [1.54, 1.807) is 11.8 Å². The van der Waals surface area contributed by atoms with Gasteiger partial charge in [-0.05, 0) is 29.9 Å². The lowest BCUT2D eigenvalue weighted by Gasteiger charge is -2.14. The number of unbranched alkanes of at least 4 members (excludes halogenated alkanes) is 1. The van der Waals surface area contributed by atoms with Crippen LogP contribution in [0.25, 0.3) is 0 Å². The van der Waals surface area contributed by atoms with E-state index in [0.29, 0.717) is 12.2 Å². The van der Waals surface area contributed by atoms with Gasteiger partial charge in [0.05, 0.1) is 0 Å². The minimum absolute atomic E-state index is 0.111. The largest absolute Gasteiger partial charge is 0.480 e. The molecule has 6 heteroatoms. The van der Waals surface area contributed by atoms with E-state index in [4.69, 9.17) is 16.3 Å². The Balaban J connectivity index is 2.27. The van der Waals surface area contributed by atoms with Gasteiger partial charge >= 0.3 is 12.1 Å². The van der Waals surface area contributed by atoms with E-state index in [9.17, 15) is 9.59 Å². The highest BCUT2D eigenvalue weighted by molar-refractivity contribution is 7.99. The number of aliphatic carboxylic acids is 1. The molecule has 0 radical (unpaired) electrons. The summed E-state index contributed by atoms with van der Waals surface area (Å²) in [5, 5.41) is 11.5. The third kappa shape index (κ3) is 8.79. The van der Waals surface area contributed by atoms with Crippen LogP contribution in [0.5, 0.6) is 0 Å². The van der Waals surface area contributed by atoms with Gasteiger partial charge in [0.1, 0.15) is 12.6 Å². The number of hydrogen-bond acceptors (Lipinski definition) is 4. The van der Waals surface area contributed by atoms with Gasteiger partial charge in [-0.3, -0.25) is 0 Å². The summed E-state index contributed by atoms with van der Waals surface area (Å²) in [4.78, 5) is 22.8. The van der Waals surface area contributed by atoms with E-state index >= 15 is 0 Å². The van der Waals surface area contributed by atoms with Crippen molar-refractivity contribution in [2.75, 3.05) is 11.5 Å². The molecule has 5 nitrogen and oxygen atoms in total. The summed E-state index contributed by atoms with van der Waals surface area (Å²) < 4.78 is 5.03. The van der Waals surface area contributed by atoms with E-state index in [0.717, 1.165) is 24.2 Å². The van der Waals surface area contributed by atoms with Gasteiger partial charge in [-0.25, -0.2) is 9.59 Å². The Morgan fingerprint density at radius 2 is 2.04 bits per heavy atom. The highest BCUT2D eigenvalue weighted by Gasteiger charge is 2.20. The van der Waals surface area contributed by atoms with E-state index in [2.05, 4.69) is 11.2 Å². The molecule has 0 bridgehead atoms. The summed E-state index contributed by atoms with van der Waals surface area (Å²) in [7, 11) is 0. The van der Waals surface area contributed by atoms with Crippen LogP contribution in [0.15, 0.2) is 30.3 Å². The molecule has 1 unspecified atom stereocenters. The molecule has 0 aliphatic heterocycles. The monoisotopic (exact) mass is 335 g/mol. The minimum atomic E-state index is -1.06. The standard InChI is InChI=1S/C17H21NO4S/c1-2-3-7-11-23-12-10-15(16(19)20)18-17(21)22-13-14-8-5-4-6-9-14/h1,4-6,8-9,15H,3,7,10-13H2,(H,18,21)(H,19,20). The number of ether oxygens (including phenoxy) is 1. The van der Waals surface area contributed by atoms with Crippen molar-refractivity contribution < 1.29 is 19.4 Å². The van der Waals surface area contributed by atoms with Crippen LogP contribution in [-0.2, 0) is 16.1 Å². The summed E-state index contributed by atoms with van der Waals surface area (Å²) in [5.74, 6) is 3.02. The average molecular weight is 335 g/mol. The number of carbonyl (C=O) groups excluding carboxylic acids is 1. The third-order valence-electron chi connectivity index (χ3n) is 2.96. The first-order valence-electron chi connectivity index (χ1n) is 7.34. The van der Waals surface area contributed by atoms with Crippen LogP contribution < -0.4 is 5.32 Å². The molecule has 1 aromatic carbocycles. The zero-order valence-corrected chi connectivity index (χ0v) is 13.7. The number of carboxylic acid groups (broad SMARTS) is 1. The number of benzene rings is 1. The molecule has 0 aliphatic rings. The Bertz CT molecular complexity index is 527. The molecule has 2 N–H and O–H groups in total. The summed E-state index contributed by atoms with van der Waals surface area (Å²) in [6.07, 6.45) is 6.41. The van der Waals surface area contributed by atoms with Crippen LogP contribution in [-0.4, -0.2) is 34.7 Å². The first-order chi connectivity index (χ1) is 11.1. The number of terminal acetylenes is 1. The van der Waals surface area contributed by atoms with Crippen LogP contribution in [0, 0.1) is 12.3 Å². The van der Waals surface area contributed by atoms with Gasteiger partial charge in [-0.2, -0.15) is 11.8 Å². The molecule has 124 valence electrons. The van der Waals surface area contributed by atoms with Crippen molar-refractivity contribution in [3.63, 3.8) is 0 Å². The predicted octanol–water partition coefficient (Wildman–Crippen LogP) is 2.90. The number of hydrogen-bond donors (Lipinski definition) is 2. The number of carbonyl (C=O) groups is 2. The highest BCUT2D eigenvalue weighted by atomic mass is 32.2. The molecular formula is C17H21NO4S. The second-order valence-corrected chi connectivity index (χ2v) is 6.03. The number of nitrogens with one attached hydrogen (secondary N) is 1. The molecule has 1 atom stereocenters. The van der Waals surface area contributed by atoms with Crippen LogP contribution in [0.1, 0.15) is 24.8 Å². The molecule has 0 spiro atoms. The fraction of sp³-hybridized carbons (Fsp3) is 0.412. The fourth-order valence-electron chi connectivity index (χ4n) is 1.74. The van der Waals surface area contributed by atoms with E-state index < -0.39 is 18.1 Å². The Labute approximate surface area is 140 Å². The van der Waals surface area contributed by atoms with Crippen molar-refractivity contribution in [3.05, 3.63) is 35.9 Å². The highest BCUT2D eigenvalue weighted by Crippen LogP contribution is 2.08. The second-order valence-electron chi connectivity index (χ2n) is 4.81. The van der Waals surface area contributed by atoms with Crippen molar-refractivity contribution in [1.29, 1.82) is 0 Å². The molecule has 0 aromatic heterocycles. The van der Waals surface area contributed by atoms with Crippen LogP contribution >= 0.6 is 11.8 Å². The average Bonchev–Trinajstić information content (AvgIpc) is 2.55. The molecule has 0 heterocycles. The van der Waals surface area contributed by atoms with Gasteiger partial charge in [0, 0.05) is 6.42 Å². The van der Waals surface area contributed by atoms with E-state index in [-0.39, 0.29) is 6.61 Å². The van der Waals surface area contributed by atoms with Gasteiger partial charge in [-0.1, -0.05) is 30.3 Å². The third-order valence-corrected chi connectivity index (χ3v) is 4.07. The first kappa shape index (κ1) is 18.9. The fourth-order valence-corrected chi connectivity index (χ4v) is 2.70. The maximum Gasteiger partial charge on any atom is 0.408 e. The number of rotatable bonds is 10. The van der Waals surface area contributed by atoms with E-state index in [1.807, 2.05) is 30.3 Å². The molecule has 0 aliphatic carbocycles. The second kappa shape index (κ2) is 11.4. The summed E-state index contributed by atoms with van der Waals surface area (Å²) >= 11 is 1.63. The number of carboxylic acids is 1. The van der Waals surface area contributed by atoms with Crippen LogP contribution in [0.2, 0.25) is 0 Å². The van der Waals surface area contributed by atoms with Gasteiger partial charge in [0.2, 0.25) is 0 Å². The van der Waals surface area contributed by atoms with Crippen LogP contribution in [0.4, 0.5) is 4.79 Å². The molecule has 23 heavy (non-hydrogen) atoms. The first-order valence-corrected chi connectivity index (χ1v) is 8.50. The molecular weight excluding hydrogens is 314 g/mol. The number of thioether (sulfide) groups is 1. The Kier molecular flexibility index (Phi) is 9.41. The minimum Gasteiger partial charge on any atom is -0.480 e. The van der Waals surface area contributed by atoms with Gasteiger partial charge in [-0.15, -0.1) is 12.3 Å². The Hall–Kier alpha value is -2.13. The quantitative estimate of drug-likeness (QED) is 0.508. The molecule has 1 aromatic rings. The number of amides is 1. The molecule has 0 saturated carbocycles. The van der Waals surface area contributed by atoms with Gasteiger partial charge in [0.15, 0.2) is 0 Å². The summed E-state index contributed by atoms with van der Waals surface area (Å²) in [6.45, 7) is 0.111. The lowest BCUT2D eigenvalue weighted by molar-refractivity contribution is -0.139. The topological polar surface area (TPSA) is 75.6 Å². The van der Waals surface area contributed by atoms with Crippen molar-refractivity contribution in [3.8, 4) is 12.3 Å². The molecule has 1 rings (SSSR count). The molecule has 1 amide bonds. The zero-order chi connectivity index (χ0) is 16.9. The predicted molar refractivity (Wildman–Crippen MR) is 91.2 cm³/mol. The number of alkyl carbamates (subject to hydrolysis) is 1. The lowest BCUT2D eigenvalue weighted by atomic mass is 10.2. The van der Waals surface area contributed by atoms with Gasteiger partial charge < -0.3 is 15.2 Å². The van der Waals surface area contributed by atoms with Crippen molar-refractivity contribution >= 4 is 23.8 Å². The maximum atomic E-state index is 11.7.